The highest BCUT2D eigenvalue weighted by Gasteiger charge is 2.25. The molecule has 33 heavy (non-hydrogen) atoms. The van der Waals surface area contributed by atoms with E-state index in [0.29, 0.717) is 54.7 Å². The highest BCUT2D eigenvalue weighted by Crippen LogP contribution is 2.32. The Labute approximate surface area is 187 Å². The van der Waals surface area contributed by atoms with E-state index in [4.69, 9.17) is 9.47 Å². The Bertz CT molecular complexity index is 1280. The molecule has 1 fully saturated rings. The number of hydrogen-bond acceptors (Lipinski definition) is 9. The molecular formula is C20H21F2N9O2. The summed E-state index contributed by atoms with van der Waals surface area (Å²) in [6.07, 6.45) is 0.500. The van der Waals surface area contributed by atoms with E-state index in [9.17, 15) is 8.78 Å². The van der Waals surface area contributed by atoms with Gasteiger partial charge in [-0.05, 0) is 12.1 Å². The molecule has 1 aromatic carbocycles. The Morgan fingerprint density at radius 3 is 2.58 bits per heavy atom. The maximum atomic E-state index is 14.0. The van der Waals surface area contributed by atoms with E-state index >= 15 is 0 Å². The maximum Gasteiger partial charge on any atom is 0.296 e. The predicted octanol–water partition coefficient (Wildman–Crippen LogP) is 2.47. The van der Waals surface area contributed by atoms with Crippen LogP contribution >= 0.6 is 0 Å². The summed E-state index contributed by atoms with van der Waals surface area (Å²) >= 11 is 0. The maximum absolute atomic E-state index is 14.0. The van der Waals surface area contributed by atoms with E-state index in [-0.39, 0.29) is 11.9 Å². The average molecular weight is 457 g/mol. The van der Waals surface area contributed by atoms with Crippen molar-refractivity contribution in [1.82, 2.24) is 34.3 Å². The third kappa shape index (κ3) is 4.02. The Kier molecular flexibility index (Phi) is 5.46. The number of benzene rings is 1. The molecule has 0 bridgehead atoms. The number of methoxy groups -OCH3 is 1. The lowest BCUT2D eigenvalue weighted by Gasteiger charge is -2.27. The quantitative estimate of drug-likeness (QED) is 0.467. The van der Waals surface area contributed by atoms with Gasteiger partial charge in [0.2, 0.25) is 17.8 Å². The number of para-hydroxylation sites is 1. The molecule has 4 aromatic rings. The monoisotopic (exact) mass is 457 g/mol. The molecule has 5 rings (SSSR count). The lowest BCUT2D eigenvalue weighted by Crippen LogP contribution is -2.37. The minimum atomic E-state index is -2.86. The minimum absolute atomic E-state index is 0.0175. The van der Waals surface area contributed by atoms with Crippen LogP contribution in [0, 0.1) is 0 Å². The number of aryl methyl sites for hydroxylation is 1. The minimum Gasteiger partial charge on any atom is -0.494 e. The molecule has 0 radical (unpaired) electrons. The number of fused-ring (bicyclic) bond motifs is 1. The molecule has 1 N–H and O–H groups in total. The summed E-state index contributed by atoms with van der Waals surface area (Å²) in [5.41, 5.74) is 1.34. The molecule has 4 heterocycles. The van der Waals surface area contributed by atoms with Gasteiger partial charge in [0.25, 0.3) is 6.43 Å². The van der Waals surface area contributed by atoms with Crippen LogP contribution in [-0.2, 0) is 11.8 Å². The molecule has 0 spiro atoms. The fourth-order valence-electron chi connectivity index (χ4n) is 3.64. The van der Waals surface area contributed by atoms with Crippen LogP contribution in [0.4, 0.5) is 26.4 Å². The van der Waals surface area contributed by atoms with E-state index in [0.717, 1.165) is 0 Å². The van der Waals surface area contributed by atoms with Gasteiger partial charge < -0.3 is 19.7 Å². The van der Waals surface area contributed by atoms with Crippen LogP contribution in [0.2, 0.25) is 0 Å². The van der Waals surface area contributed by atoms with Gasteiger partial charge in [0.1, 0.15) is 11.3 Å². The summed E-state index contributed by atoms with van der Waals surface area (Å²) in [5, 5.41) is 7.20. The van der Waals surface area contributed by atoms with Crippen LogP contribution in [0.25, 0.3) is 17.0 Å². The zero-order chi connectivity index (χ0) is 22.9. The third-order valence-electron chi connectivity index (χ3n) is 5.16. The third-order valence-corrected chi connectivity index (χ3v) is 5.16. The van der Waals surface area contributed by atoms with Gasteiger partial charge in [0.15, 0.2) is 5.82 Å². The van der Waals surface area contributed by atoms with Crippen molar-refractivity contribution in [2.24, 2.45) is 7.05 Å². The molecule has 1 aliphatic rings. The second-order valence-corrected chi connectivity index (χ2v) is 7.32. The molecule has 11 nitrogen and oxygen atoms in total. The summed E-state index contributed by atoms with van der Waals surface area (Å²) in [6, 6.07) is 5.04. The molecular weight excluding hydrogens is 436 g/mol. The van der Waals surface area contributed by atoms with Crippen molar-refractivity contribution in [3.63, 3.8) is 0 Å². The van der Waals surface area contributed by atoms with Crippen molar-refractivity contribution in [3.8, 4) is 11.7 Å². The second kappa shape index (κ2) is 8.58. The summed E-state index contributed by atoms with van der Waals surface area (Å²) < 4.78 is 41.7. The van der Waals surface area contributed by atoms with Gasteiger partial charge in [-0.15, -0.1) is 0 Å². The molecule has 172 valence electrons. The number of anilines is 3. The van der Waals surface area contributed by atoms with Crippen LogP contribution in [0.1, 0.15) is 12.2 Å². The molecule has 0 atom stereocenters. The molecule has 0 amide bonds. The Hall–Kier alpha value is -3.87. The molecule has 13 heteroatoms. The summed E-state index contributed by atoms with van der Waals surface area (Å²) in [6.45, 7) is 2.16. The first kappa shape index (κ1) is 21.0. The predicted molar refractivity (Wildman–Crippen MR) is 115 cm³/mol. The van der Waals surface area contributed by atoms with Crippen LogP contribution in [0.3, 0.4) is 0 Å². The summed E-state index contributed by atoms with van der Waals surface area (Å²) in [5.74, 6) is 0.452. The number of rotatable bonds is 6. The SMILES string of the molecule is COc1cccc2c1nc(C(F)F)n2-c1nc(Nc2cnn(C)c2)nc(N2CCOCC2)n1. The zero-order valence-electron chi connectivity index (χ0n) is 17.9. The second-order valence-electron chi connectivity index (χ2n) is 7.32. The number of halogens is 2. The Balaban J connectivity index is 1.69. The molecule has 3 aromatic heterocycles. The van der Waals surface area contributed by atoms with Gasteiger partial charge >= 0.3 is 0 Å². The number of ether oxygens (including phenoxy) is 2. The number of imidazole rings is 1. The van der Waals surface area contributed by atoms with Crippen LogP contribution in [0.15, 0.2) is 30.6 Å². The van der Waals surface area contributed by atoms with E-state index in [1.54, 1.807) is 42.3 Å². The van der Waals surface area contributed by atoms with Gasteiger partial charge in [-0.1, -0.05) is 6.07 Å². The summed E-state index contributed by atoms with van der Waals surface area (Å²) in [7, 11) is 3.24. The van der Waals surface area contributed by atoms with E-state index < -0.39 is 12.2 Å². The first-order valence-corrected chi connectivity index (χ1v) is 10.2. The number of morpholine rings is 1. The van der Waals surface area contributed by atoms with E-state index in [1.807, 2.05) is 4.90 Å². The standard InChI is InChI=1S/C20H21F2N9O2/c1-29-11-12(10-23-29)24-18-26-19(30-6-8-33-9-7-30)28-20(27-18)31-13-4-3-5-14(32-2)15(13)25-17(31)16(21)22/h3-5,10-11,16H,6-9H2,1-2H3,(H,24,26,27,28). The van der Waals surface area contributed by atoms with Crippen LogP contribution in [0.5, 0.6) is 5.75 Å². The first-order chi connectivity index (χ1) is 16.0. The largest absolute Gasteiger partial charge is 0.494 e. The van der Waals surface area contributed by atoms with Crippen molar-refractivity contribution in [2.45, 2.75) is 6.43 Å². The van der Waals surface area contributed by atoms with Gasteiger partial charge in [-0.2, -0.15) is 20.1 Å². The van der Waals surface area contributed by atoms with Gasteiger partial charge in [-0.3, -0.25) is 9.25 Å². The van der Waals surface area contributed by atoms with Crippen molar-refractivity contribution < 1.29 is 18.3 Å². The Morgan fingerprint density at radius 2 is 1.88 bits per heavy atom. The number of nitrogens with one attached hydrogen (secondary N) is 1. The normalized spacial score (nSPS) is 14.3. The van der Waals surface area contributed by atoms with Gasteiger partial charge in [0.05, 0.1) is 37.7 Å². The van der Waals surface area contributed by atoms with Crippen LogP contribution < -0.4 is 15.0 Å². The zero-order valence-corrected chi connectivity index (χ0v) is 17.9. The fourth-order valence-corrected chi connectivity index (χ4v) is 3.64. The number of hydrogen-bond donors (Lipinski definition) is 1. The van der Waals surface area contributed by atoms with Crippen molar-refractivity contribution in [2.75, 3.05) is 43.6 Å². The lowest BCUT2D eigenvalue weighted by molar-refractivity contribution is 0.122. The highest BCUT2D eigenvalue weighted by atomic mass is 19.3. The van der Waals surface area contributed by atoms with E-state index in [2.05, 4.69) is 30.4 Å². The smallest absolute Gasteiger partial charge is 0.296 e. The molecule has 1 saturated heterocycles. The van der Waals surface area contributed by atoms with Crippen molar-refractivity contribution in [3.05, 3.63) is 36.4 Å². The van der Waals surface area contributed by atoms with Crippen molar-refractivity contribution >= 4 is 28.6 Å². The average Bonchev–Trinajstić information content (AvgIpc) is 3.42. The number of nitrogens with zero attached hydrogens (tertiary/aromatic N) is 8. The molecule has 0 saturated carbocycles. The molecule has 0 aliphatic carbocycles. The fraction of sp³-hybridized carbons (Fsp3) is 0.350. The van der Waals surface area contributed by atoms with Crippen molar-refractivity contribution in [1.29, 1.82) is 0 Å². The number of aromatic nitrogens is 7. The Morgan fingerprint density at radius 1 is 1.09 bits per heavy atom. The lowest BCUT2D eigenvalue weighted by atomic mass is 10.3. The van der Waals surface area contributed by atoms with Gasteiger partial charge in [-0.25, -0.2) is 13.8 Å². The number of alkyl halides is 2. The molecule has 1 aliphatic heterocycles. The molecule has 0 unspecified atom stereocenters. The van der Waals surface area contributed by atoms with Gasteiger partial charge in [0, 0.05) is 26.3 Å². The topological polar surface area (TPSA) is 108 Å². The van der Waals surface area contributed by atoms with Crippen LogP contribution in [-0.4, -0.2) is 67.7 Å². The summed E-state index contributed by atoms with van der Waals surface area (Å²) in [4.78, 5) is 19.5. The van der Waals surface area contributed by atoms with E-state index in [1.165, 1.54) is 11.7 Å². The first-order valence-electron chi connectivity index (χ1n) is 10.2. The highest BCUT2D eigenvalue weighted by molar-refractivity contribution is 5.84.